The topological polar surface area (TPSA) is 76.7 Å². The number of fused-ring (bicyclic) bond motifs is 1. The maximum atomic E-state index is 12.5. The number of carbonyl (C=O) groups is 2. The second-order valence-corrected chi connectivity index (χ2v) is 8.57. The lowest BCUT2D eigenvalue weighted by atomic mass is 9.96. The monoisotopic (exact) mass is 388 g/mol. The number of aryl methyl sites for hydroxylation is 1. The first-order valence-corrected chi connectivity index (χ1v) is 9.64. The molecule has 0 saturated heterocycles. The fourth-order valence-corrected chi connectivity index (χ4v) is 3.55. The van der Waals surface area contributed by atoms with Gasteiger partial charge in [0, 0.05) is 12.0 Å². The van der Waals surface area contributed by atoms with E-state index >= 15 is 0 Å². The van der Waals surface area contributed by atoms with Gasteiger partial charge >= 0.3 is 0 Å². The molecule has 1 aliphatic heterocycles. The van der Waals surface area contributed by atoms with Crippen LogP contribution in [0.1, 0.15) is 41.6 Å². The van der Waals surface area contributed by atoms with Crippen LogP contribution >= 0.6 is 11.3 Å². The molecule has 1 aromatic heterocycles. The van der Waals surface area contributed by atoms with Crippen molar-refractivity contribution in [1.29, 1.82) is 0 Å². The normalized spacial score (nSPS) is 12.7. The summed E-state index contributed by atoms with van der Waals surface area (Å²) in [5.41, 5.74) is 1.44. The molecular formula is C20H24N2O4S. The number of anilines is 1. The van der Waals surface area contributed by atoms with Gasteiger partial charge in [-0.25, -0.2) is 0 Å². The Morgan fingerprint density at radius 1 is 1.15 bits per heavy atom. The number of carbonyl (C=O) groups excluding carboxylic acids is 2. The standard InChI is InChI=1S/C20H24N2O4S/c1-12-9-16(22-19(24)20(2,3)4)27-17(12)18(23)21-8-7-13-5-6-14-15(10-13)26-11-25-14/h5-6,9-10H,7-8,11H2,1-4H3,(H,21,23)(H,22,24). The minimum absolute atomic E-state index is 0.0708. The third-order valence-electron chi connectivity index (χ3n) is 4.18. The van der Waals surface area contributed by atoms with Gasteiger partial charge in [-0.05, 0) is 42.7 Å². The van der Waals surface area contributed by atoms with Crippen LogP contribution in [0.4, 0.5) is 5.00 Å². The molecule has 0 spiro atoms. The maximum Gasteiger partial charge on any atom is 0.261 e. The van der Waals surface area contributed by atoms with Crippen LogP contribution in [0.3, 0.4) is 0 Å². The van der Waals surface area contributed by atoms with Crippen LogP contribution in [0, 0.1) is 12.3 Å². The quantitative estimate of drug-likeness (QED) is 0.818. The molecule has 0 unspecified atom stereocenters. The number of rotatable bonds is 5. The Labute approximate surface area is 162 Å². The maximum absolute atomic E-state index is 12.5. The summed E-state index contributed by atoms with van der Waals surface area (Å²) in [6.45, 7) is 8.20. The number of hydrogen-bond donors (Lipinski definition) is 2. The van der Waals surface area contributed by atoms with Gasteiger partial charge in [0.2, 0.25) is 12.7 Å². The van der Waals surface area contributed by atoms with Crippen molar-refractivity contribution in [2.45, 2.75) is 34.1 Å². The van der Waals surface area contributed by atoms with Gasteiger partial charge < -0.3 is 20.1 Å². The molecule has 1 aromatic carbocycles. The molecule has 144 valence electrons. The van der Waals surface area contributed by atoms with Crippen molar-refractivity contribution < 1.29 is 19.1 Å². The van der Waals surface area contributed by atoms with Crippen molar-refractivity contribution in [2.75, 3.05) is 18.7 Å². The van der Waals surface area contributed by atoms with Crippen molar-refractivity contribution in [2.24, 2.45) is 5.41 Å². The minimum atomic E-state index is -0.481. The number of benzene rings is 1. The molecule has 7 heteroatoms. The highest BCUT2D eigenvalue weighted by molar-refractivity contribution is 7.18. The first kappa shape index (κ1) is 19.2. The first-order valence-electron chi connectivity index (χ1n) is 8.82. The van der Waals surface area contributed by atoms with E-state index in [9.17, 15) is 9.59 Å². The lowest BCUT2D eigenvalue weighted by Crippen LogP contribution is -2.27. The molecule has 2 amide bonds. The fourth-order valence-electron chi connectivity index (χ4n) is 2.57. The molecule has 27 heavy (non-hydrogen) atoms. The Hall–Kier alpha value is -2.54. The zero-order chi connectivity index (χ0) is 19.6. The molecular weight excluding hydrogens is 364 g/mol. The van der Waals surface area contributed by atoms with Crippen LogP contribution in [0.25, 0.3) is 0 Å². The summed E-state index contributed by atoms with van der Waals surface area (Å²) in [7, 11) is 0. The van der Waals surface area contributed by atoms with Crippen LogP contribution in [0.5, 0.6) is 11.5 Å². The van der Waals surface area contributed by atoms with Gasteiger partial charge in [0.15, 0.2) is 11.5 Å². The van der Waals surface area contributed by atoms with Gasteiger partial charge in [-0.15, -0.1) is 11.3 Å². The summed E-state index contributed by atoms with van der Waals surface area (Å²) in [5, 5.41) is 6.51. The first-order chi connectivity index (χ1) is 12.7. The number of thiophene rings is 1. The highest BCUT2D eigenvalue weighted by atomic mass is 32.1. The van der Waals surface area contributed by atoms with Gasteiger partial charge in [0.25, 0.3) is 5.91 Å². The molecule has 3 rings (SSSR count). The second-order valence-electron chi connectivity index (χ2n) is 7.52. The number of ether oxygens (including phenoxy) is 2. The lowest BCUT2D eigenvalue weighted by molar-refractivity contribution is -0.123. The molecule has 0 radical (unpaired) electrons. The fraction of sp³-hybridized carbons (Fsp3) is 0.400. The average molecular weight is 388 g/mol. The molecule has 2 aromatic rings. The summed E-state index contributed by atoms with van der Waals surface area (Å²) in [6.07, 6.45) is 0.695. The Balaban J connectivity index is 1.56. The summed E-state index contributed by atoms with van der Waals surface area (Å²) in [4.78, 5) is 25.2. The summed E-state index contributed by atoms with van der Waals surface area (Å²) >= 11 is 1.29. The van der Waals surface area contributed by atoms with Crippen LogP contribution < -0.4 is 20.1 Å². The molecule has 0 aliphatic carbocycles. The summed E-state index contributed by atoms with van der Waals surface area (Å²) in [6, 6.07) is 7.62. The largest absolute Gasteiger partial charge is 0.454 e. The van der Waals surface area contributed by atoms with Crippen molar-refractivity contribution in [1.82, 2.24) is 5.32 Å². The zero-order valence-corrected chi connectivity index (χ0v) is 16.8. The van der Waals surface area contributed by atoms with Crippen molar-refractivity contribution in [3.63, 3.8) is 0 Å². The average Bonchev–Trinajstić information content (AvgIpc) is 3.19. The Morgan fingerprint density at radius 2 is 1.89 bits per heavy atom. The van der Waals surface area contributed by atoms with Crippen molar-refractivity contribution in [3.8, 4) is 11.5 Å². The Morgan fingerprint density at radius 3 is 2.63 bits per heavy atom. The van der Waals surface area contributed by atoms with E-state index in [4.69, 9.17) is 9.47 Å². The molecule has 2 N–H and O–H groups in total. The highest BCUT2D eigenvalue weighted by Crippen LogP contribution is 2.32. The number of nitrogens with one attached hydrogen (secondary N) is 2. The Kier molecular flexibility index (Phi) is 5.41. The van der Waals surface area contributed by atoms with E-state index in [2.05, 4.69) is 10.6 Å². The molecule has 0 saturated carbocycles. The van der Waals surface area contributed by atoms with E-state index in [-0.39, 0.29) is 18.6 Å². The second kappa shape index (κ2) is 7.60. The third kappa shape index (κ3) is 4.60. The molecule has 1 aliphatic rings. The molecule has 2 heterocycles. The lowest BCUT2D eigenvalue weighted by Gasteiger charge is -2.16. The van der Waals surface area contributed by atoms with E-state index < -0.39 is 5.41 Å². The van der Waals surface area contributed by atoms with E-state index in [1.807, 2.05) is 52.0 Å². The van der Waals surface area contributed by atoms with Crippen molar-refractivity contribution in [3.05, 3.63) is 40.3 Å². The van der Waals surface area contributed by atoms with Gasteiger partial charge in [0.05, 0.1) is 9.88 Å². The van der Waals surface area contributed by atoms with E-state index in [1.54, 1.807) is 0 Å². The van der Waals surface area contributed by atoms with E-state index in [0.29, 0.717) is 22.8 Å². The molecule has 0 fully saturated rings. The van der Waals surface area contributed by atoms with E-state index in [1.165, 1.54) is 11.3 Å². The van der Waals surface area contributed by atoms with Gasteiger partial charge in [-0.1, -0.05) is 26.8 Å². The third-order valence-corrected chi connectivity index (χ3v) is 5.33. The highest BCUT2D eigenvalue weighted by Gasteiger charge is 2.23. The summed E-state index contributed by atoms with van der Waals surface area (Å²) in [5.74, 6) is 1.29. The van der Waals surface area contributed by atoms with Crippen LogP contribution in [0.2, 0.25) is 0 Å². The van der Waals surface area contributed by atoms with Crippen LogP contribution in [-0.4, -0.2) is 25.2 Å². The van der Waals surface area contributed by atoms with Crippen molar-refractivity contribution >= 4 is 28.2 Å². The van der Waals surface area contributed by atoms with Gasteiger partial charge in [-0.3, -0.25) is 9.59 Å². The van der Waals surface area contributed by atoms with E-state index in [0.717, 1.165) is 22.6 Å². The molecule has 6 nitrogen and oxygen atoms in total. The molecule has 0 bridgehead atoms. The predicted octanol–water partition coefficient (Wildman–Crippen LogP) is 3.74. The molecule has 0 atom stereocenters. The minimum Gasteiger partial charge on any atom is -0.454 e. The van der Waals surface area contributed by atoms with Crippen LogP contribution in [0.15, 0.2) is 24.3 Å². The van der Waals surface area contributed by atoms with Gasteiger partial charge in [0.1, 0.15) is 0 Å². The number of amides is 2. The SMILES string of the molecule is Cc1cc(NC(=O)C(C)(C)C)sc1C(=O)NCCc1ccc2c(c1)OCO2. The van der Waals surface area contributed by atoms with Gasteiger partial charge in [-0.2, -0.15) is 0 Å². The summed E-state index contributed by atoms with van der Waals surface area (Å²) < 4.78 is 10.7. The zero-order valence-electron chi connectivity index (χ0n) is 16.0. The number of hydrogen-bond acceptors (Lipinski definition) is 5. The van der Waals surface area contributed by atoms with Crippen LogP contribution in [-0.2, 0) is 11.2 Å². The predicted molar refractivity (Wildman–Crippen MR) is 106 cm³/mol. The Bertz CT molecular complexity index is 867. The smallest absolute Gasteiger partial charge is 0.261 e.